The van der Waals surface area contributed by atoms with Crippen LogP contribution >= 0.6 is 0 Å². The fourth-order valence-electron chi connectivity index (χ4n) is 7.03. The molecule has 7 heteroatoms. The molecule has 0 radical (unpaired) electrons. The predicted molar refractivity (Wildman–Crippen MR) is 134 cm³/mol. The quantitative estimate of drug-likeness (QED) is 0.478. The van der Waals surface area contributed by atoms with E-state index in [1.165, 1.54) is 38.5 Å². The van der Waals surface area contributed by atoms with Gasteiger partial charge in [0.15, 0.2) is 0 Å². The van der Waals surface area contributed by atoms with Crippen LogP contribution in [0.25, 0.3) is 0 Å². The van der Waals surface area contributed by atoms with Crippen LogP contribution in [0.15, 0.2) is 30.5 Å². The van der Waals surface area contributed by atoms with E-state index in [1.807, 2.05) is 24.3 Å². The van der Waals surface area contributed by atoms with Gasteiger partial charge in [0.1, 0.15) is 23.2 Å². The van der Waals surface area contributed by atoms with Gasteiger partial charge in [0.05, 0.1) is 13.3 Å². The van der Waals surface area contributed by atoms with Crippen molar-refractivity contribution in [1.29, 1.82) is 5.26 Å². The van der Waals surface area contributed by atoms with Crippen LogP contribution in [0.3, 0.4) is 0 Å². The lowest BCUT2D eigenvalue weighted by Gasteiger charge is -2.60. The normalized spacial score (nSPS) is 29.0. The van der Waals surface area contributed by atoms with E-state index in [0.29, 0.717) is 35.3 Å². The average Bonchev–Trinajstić information content (AvgIpc) is 2.85. The van der Waals surface area contributed by atoms with Crippen LogP contribution in [0, 0.1) is 34.5 Å². The van der Waals surface area contributed by atoms with Crippen LogP contribution in [-0.2, 0) is 6.54 Å². The lowest BCUT2D eigenvalue weighted by Crippen LogP contribution is -2.59. The molecule has 4 saturated carbocycles. The van der Waals surface area contributed by atoms with Crippen LogP contribution < -0.4 is 20.7 Å². The van der Waals surface area contributed by atoms with Crippen LogP contribution in [0.2, 0.25) is 0 Å². The van der Waals surface area contributed by atoms with Crippen LogP contribution in [0.4, 0.5) is 11.8 Å². The standard InChI is InChI=1S/C27H36N6O/c1-3-8-29-24-20-9-18-10-21(24)13-27(11-18,12-20)17-32-25-22(14-28)16-31-26(33-25)30-15-19-6-4-5-7-23(19)34-2/h4-7,16,18,20-21,24,29H,3,8-13,15,17H2,1-2H3,(H2,30,31,32,33). The molecule has 1 heterocycles. The van der Waals surface area contributed by atoms with Gasteiger partial charge in [-0.3, -0.25) is 0 Å². The summed E-state index contributed by atoms with van der Waals surface area (Å²) in [6, 6.07) is 10.9. The van der Waals surface area contributed by atoms with Crippen molar-refractivity contribution < 1.29 is 4.74 Å². The van der Waals surface area contributed by atoms with Crippen LogP contribution in [0.5, 0.6) is 5.75 Å². The first kappa shape index (κ1) is 22.9. The second-order valence-corrected chi connectivity index (χ2v) is 10.5. The molecule has 3 N–H and O–H groups in total. The van der Waals surface area contributed by atoms with Crippen molar-refractivity contribution in [2.24, 2.45) is 23.2 Å². The Bertz CT molecular complexity index is 1030. The van der Waals surface area contributed by atoms with Crippen molar-refractivity contribution in [3.05, 3.63) is 41.6 Å². The Morgan fingerprint density at radius 2 is 1.94 bits per heavy atom. The summed E-state index contributed by atoms with van der Waals surface area (Å²) in [5, 5.41) is 20.4. The van der Waals surface area contributed by atoms with Crippen molar-refractivity contribution in [2.75, 3.05) is 30.8 Å². The third-order valence-electron chi connectivity index (χ3n) is 8.20. The summed E-state index contributed by atoms with van der Waals surface area (Å²) in [7, 11) is 1.67. The van der Waals surface area contributed by atoms with E-state index < -0.39 is 0 Å². The number of aromatic nitrogens is 2. The van der Waals surface area contributed by atoms with Gasteiger partial charge in [-0.15, -0.1) is 0 Å². The molecule has 1 aromatic heterocycles. The molecule has 0 aliphatic heterocycles. The molecule has 2 unspecified atom stereocenters. The van der Waals surface area contributed by atoms with E-state index in [9.17, 15) is 5.26 Å². The SMILES string of the molecule is CCCNC1C2CC3CC1CC(CNc1nc(NCc4ccccc4OC)ncc1C#N)(C3)C2. The maximum absolute atomic E-state index is 9.65. The van der Waals surface area contributed by atoms with Gasteiger partial charge >= 0.3 is 0 Å². The van der Waals surface area contributed by atoms with Crippen molar-refractivity contribution in [3.8, 4) is 11.8 Å². The highest BCUT2D eigenvalue weighted by atomic mass is 16.5. The summed E-state index contributed by atoms with van der Waals surface area (Å²) < 4.78 is 5.44. The van der Waals surface area contributed by atoms with Crippen molar-refractivity contribution >= 4 is 11.8 Å². The van der Waals surface area contributed by atoms with Crippen molar-refractivity contribution in [1.82, 2.24) is 15.3 Å². The number of nitriles is 1. The molecule has 0 spiro atoms. The largest absolute Gasteiger partial charge is 0.496 e. The van der Waals surface area contributed by atoms with Gasteiger partial charge in [-0.1, -0.05) is 25.1 Å². The van der Waals surface area contributed by atoms with Gasteiger partial charge in [0.2, 0.25) is 5.95 Å². The molecule has 4 fully saturated rings. The number of para-hydroxylation sites is 1. The third kappa shape index (κ3) is 4.56. The van der Waals surface area contributed by atoms with E-state index in [4.69, 9.17) is 4.74 Å². The highest BCUT2D eigenvalue weighted by Crippen LogP contribution is 2.60. The third-order valence-corrected chi connectivity index (χ3v) is 8.20. The minimum atomic E-state index is 0.323. The molecule has 0 amide bonds. The topological polar surface area (TPSA) is 94.9 Å². The number of nitrogens with one attached hydrogen (secondary N) is 3. The summed E-state index contributed by atoms with van der Waals surface area (Å²) in [6.45, 7) is 4.82. The number of hydrogen-bond donors (Lipinski definition) is 3. The molecule has 2 aromatic rings. The number of hydrogen-bond acceptors (Lipinski definition) is 7. The Hall–Kier alpha value is -2.85. The van der Waals surface area contributed by atoms with Crippen molar-refractivity contribution in [3.63, 3.8) is 0 Å². The summed E-state index contributed by atoms with van der Waals surface area (Å²) in [4.78, 5) is 9.04. The highest BCUT2D eigenvalue weighted by Gasteiger charge is 2.54. The fraction of sp³-hybridized carbons (Fsp3) is 0.593. The Balaban J connectivity index is 1.26. The molecule has 7 nitrogen and oxygen atoms in total. The second kappa shape index (κ2) is 9.79. The van der Waals surface area contributed by atoms with Gasteiger partial charge in [0.25, 0.3) is 0 Å². The average molecular weight is 461 g/mol. The van der Waals surface area contributed by atoms with E-state index in [1.54, 1.807) is 13.3 Å². The first-order chi connectivity index (χ1) is 16.6. The Morgan fingerprint density at radius 3 is 2.68 bits per heavy atom. The van der Waals surface area contributed by atoms with E-state index in [0.717, 1.165) is 42.2 Å². The molecule has 1 aromatic carbocycles. The van der Waals surface area contributed by atoms with Gasteiger partial charge in [0, 0.05) is 24.7 Å². The highest BCUT2D eigenvalue weighted by molar-refractivity contribution is 5.53. The zero-order valence-corrected chi connectivity index (χ0v) is 20.3. The predicted octanol–water partition coefficient (Wildman–Crippen LogP) is 4.58. The van der Waals surface area contributed by atoms with Gasteiger partial charge in [-0.05, 0) is 74.3 Å². The number of rotatable bonds is 10. The number of methoxy groups -OCH3 is 1. The Morgan fingerprint density at radius 1 is 1.15 bits per heavy atom. The Labute approximate surface area is 202 Å². The second-order valence-electron chi connectivity index (χ2n) is 10.5. The molecule has 180 valence electrons. The smallest absolute Gasteiger partial charge is 0.224 e. The minimum absolute atomic E-state index is 0.323. The molecule has 2 atom stereocenters. The minimum Gasteiger partial charge on any atom is -0.496 e. The Kier molecular flexibility index (Phi) is 6.60. The lowest BCUT2D eigenvalue weighted by atomic mass is 9.48. The number of benzene rings is 1. The zero-order valence-electron chi connectivity index (χ0n) is 20.3. The molecule has 4 aliphatic carbocycles. The first-order valence-corrected chi connectivity index (χ1v) is 12.7. The van der Waals surface area contributed by atoms with Gasteiger partial charge in [-0.2, -0.15) is 10.2 Å². The maximum atomic E-state index is 9.65. The number of nitrogens with zero attached hydrogens (tertiary/aromatic N) is 3. The maximum Gasteiger partial charge on any atom is 0.224 e. The zero-order chi connectivity index (χ0) is 23.5. The molecule has 34 heavy (non-hydrogen) atoms. The van der Waals surface area contributed by atoms with Crippen molar-refractivity contribution in [2.45, 2.75) is 58.0 Å². The summed E-state index contributed by atoms with van der Waals surface area (Å²) in [5.74, 6) is 4.42. The molecule has 6 rings (SSSR count). The molecular weight excluding hydrogens is 424 g/mol. The van der Waals surface area contributed by atoms with Crippen LogP contribution in [0.1, 0.15) is 56.6 Å². The number of anilines is 2. The molecule has 4 bridgehead atoms. The van der Waals surface area contributed by atoms with E-state index in [-0.39, 0.29) is 0 Å². The van der Waals surface area contributed by atoms with E-state index >= 15 is 0 Å². The fourth-order valence-corrected chi connectivity index (χ4v) is 7.03. The van der Waals surface area contributed by atoms with Crippen LogP contribution in [-0.4, -0.2) is 36.2 Å². The monoisotopic (exact) mass is 460 g/mol. The summed E-state index contributed by atoms with van der Waals surface area (Å²) in [6.07, 6.45) is 9.44. The lowest BCUT2D eigenvalue weighted by molar-refractivity contribution is -0.0691. The molecule has 0 saturated heterocycles. The first-order valence-electron chi connectivity index (χ1n) is 12.7. The summed E-state index contributed by atoms with van der Waals surface area (Å²) >= 11 is 0. The van der Waals surface area contributed by atoms with E-state index in [2.05, 4.69) is 38.9 Å². The molecule has 4 aliphatic rings. The number of ether oxygens (including phenoxy) is 1. The van der Waals surface area contributed by atoms with Gasteiger partial charge in [-0.25, -0.2) is 4.98 Å². The molecular formula is C27H36N6O. The van der Waals surface area contributed by atoms with Gasteiger partial charge < -0.3 is 20.7 Å². The summed E-state index contributed by atoms with van der Waals surface area (Å²) in [5.41, 5.74) is 1.85.